The first-order valence-corrected chi connectivity index (χ1v) is 32.6. The first kappa shape index (κ1) is 70.3. The second kappa shape index (κ2) is 61.9. The number of carbonyl (C=O) groups excluding carboxylic acids is 2. The Morgan fingerprint density at radius 3 is 0.986 bits per heavy atom. The Hall–Kier alpha value is -1.66. The zero-order valence-corrected chi connectivity index (χ0v) is 48.7. The highest BCUT2D eigenvalue weighted by Crippen LogP contribution is 2.18. The molecule has 0 saturated carbocycles. The van der Waals surface area contributed by atoms with Crippen molar-refractivity contribution in [2.45, 2.75) is 373 Å². The standard InChI is InChI=1S/C66H127NO5/c1-3-5-7-9-11-13-15-16-32-35-39-42-46-50-54-58-64(69)63(62-68)67-65(70)59-55-51-47-43-40-36-33-30-28-26-24-22-20-18-17-19-21-23-25-27-29-31-34-37-41-45-49-53-57-61-72-66(71)60-56-52-48-44-38-14-12-10-8-6-4-2/h17,19,54,58,63-64,68-69H,3-16,18,20-53,55-57,59-62H2,1-2H3,(H,67,70)/b19-17-,58-54+. The van der Waals surface area contributed by atoms with E-state index in [4.69, 9.17) is 4.74 Å². The topological polar surface area (TPSA) is 95.9 Å². The summed E-state index contributed by atoms with van der Waals surface area (Å²) in [4.78, 5) is 24.5. The lowest BCUT2D eigenvalue weighted by atomic mass is 10.0. The summed E-state index contributed by atoms with van der Waals surface area (Å²) in [6.07, 6.45) is 76.7. The number of amides is 1. The van der Waals surface area contributed by atoms with Crippen molar-refractivity contribution in [3.05, 3.63) is 24.3 Å². The number of allylic oxidation sites excluding steroid dienone is 3. The van der Waals surface area contributed by atoms with E-state index in [2.05, 4.69) is 31.3 Å². The molecule has 0 aromatic carbocycles. The molecule has 0 aliphatic rings. The number of nitrogens with one attached hydrogen (secondary N) is 1. The van der Waals surface area contributed by atoms with Crippen LogP contribution in [0.15, 0.2) is 24.3 Å². The van der Waals surface area contributed by atoms with Gasteiger partial charge in [-0.25, -0.2) is 0 Å². The number of hydrogen-bond acceptors (Lipinski definition) is 5. The molecule has 0 spiro atoms. The summed E-state index contributed by atoms with van der Waals surface area (Å²) < 4.78 is 5.47. The van der Waals surface area contributed by atoms with Gasteiger partial charge in [-0.15, -0.1) is 0 Å². The molecule has 0 saturated heterocycles. The van der Waals surface area contributed by atoms with Crippen molar-refractivity contribution in [2.24, 2.45) is 0 Å². The molecule has 0 fully saturated rings. The Morgan fingerprint density at radius 1 is 0.375 bits per heavy atom. The van der Waals surface area contributed by atoms with Gasteiger partial charge < -0.3 is 20.3 Å². The highest BCUT2D eigenvalue weighted by Gasteiger charge is 2.18. The summed E-state index contributed by atoms with van der Waals surface area (Å²) in [6.45, 7) is 4.92. The highest BCUT2D eigenvalue weighted by molar-refractivity contribution is 5.76. The van der Waals surface area contributed by atoms with E-state index >= 15 is 0 Å². The van der Waals surface area contributed by atoms with Gasteiger partial charge in [0.15, 0.2) is 0 Å². The molecule has 0 heterocycles. The lowest BCUT2D eigenvalue weighted by Gasteiger charge is -2.20. The van der Waals surface area contributed by atoms with E-state index in [1.54, 1.807) is 6.08 Å². The average molecular weight is 1010 g/mol. The zero-order valence-electron chi connectivity index (χ0n) is 48.7. The predicted molar refractivity (Wildman–Crippen MR) is 315 cm³/mol. The van der Waals surface area contributed by atoms with Crippen molar-refractivity contribution in [1.82, 2.24) is 5.32 Å². The molecule has 3 N–H and O–H groups in total. The third-order valence-corrected chi connectivity index (χ3v) is 15.2. The molecule has 426 valence electrons. The maximum absolute atomic E-state index is 12.5. The predicted octanol–water partition coefficient (Wildman–Crippen LogP) is 20.6. The van der Waals surface area contributed by atoms with Gasteiger partial charge in [0.25, 0.3) is 0 Å². The van der Waals surface area contributed by atoms with Crippen LogP contribution < -0.4 is 5.32 Å². The molecule has 6 nitrogen and oxygen atoms in total. The van der Waals surface area contributed by atoms with Crippen LogP contribution in [-0.4, -0.2) is 47.4 Å². The Balaban J connectivity index is 3.39. The van der Waals surface area contributed by atoms with Crippen LogP contribution in [0.1, 0.15) is 361 Å². The molecule has 72 heavy (non-hydrogen) atoms. The SMILES string of the molecule is CCCCCCCCCCCCCCC/C=C/C(O)C(CO)NC(=O)CCCCCCCCCCCCCCC/C=C\CCCCCCCCCCCCCCOC(=O)CCCCCCCCCCCCC. The van der Waals surface area contributed by atoms with Gasteiger partial charge in [0.1, 0.15) is 0 Å². The molecule has 0 aliphatic heterocycles. The zero-order chi connectivity index (χ0) is 52.2. The maximum Gasteiger partial charge on any atom is 0.305 e. The van der Waals surface area contributed by atoms with Gasteiger partial charge >= 0.3 is 5.97 Å². The first-order valence-electron chi connectivity index (χ1n) is 32.6. The molecule has 1 amide bonds. The van der Waals surface area contributed by atoms with Crippen LogP contribution in [0.5, 0.6) is 0 Å². The Morgan fingerprint density at radius 2 is 0.653 bits per heavy atom. The van der Waals surface area contributed by atoms with Gasteiger partial charge in [-0.1, -0.05) is 314 Å². The first-order chi connectivity index (χ1) is 35.5. The van der Waals surface area contributed by atoms with Crippen molar-refractivity contribution in [2.75, 3.05) is 13.2 Å². The second-order valence-corrected chi connectivity index (χ2v) is 22.5. The van der Waals surface area contributed by atoms with Crippen LogP contribution in [0.4, 0.5) is 0 Å². The van der Waals surface area contributed by atoms with Gasteiger partial charge in [0.2, 0.25) is 5.91 Å². The lowest BCUT2D eigenvalue weighted by Crippen LogP contribution is -2.45. The highest BCUT2D eigenvalue weighted by atomic mass is 16.5. The largest absolute Gasteiger partial charge is 0.466 e. The van der Waals surface area contributed by atoms with Crippen molar-refractivity contribution >= 4 is 11.9 Å². The summed E-state index contributed by atoms with van der Waals surface area (Å²) >= 11 is 0. The maximum atomic E-state index is 12.5. The fourth-order valence-electron chi connectivity index (χ4n) is 10.2. The summed E-state index contributed by atoms with van der Waals surface area (Å²) in [5.41, 5.74) is 0. The number of unbranched alkanes of at least 4 members (excludes halogenated alkanes) is 48. The van der Waals surface area contributed by atoms with E-state index in [-0.39, 0.29) is 18.5 Å². The van der Waals surface area contributed by atoms with E-state index in [1.165, 1.54) is 295 Å². The van der Waals surface area contributed by atoms with Crippen LogP contribution in [-0.2, 0) is 14.3 Å². The number of ether oxygens (including phenoxy) is 1. The smallest absolute Gasteiger partial charge is 0.305 e. The number of carbonyl (C=O) groups is 2. The Bertz CT molecular complexity index is 1120. The Labute approximate surface area is 450 Å². The normalized spacial score (nSPS) is 12.7. The molecule has 0 rings (SSSR count). The van der Waals surface area contributed by atoms with Crippen LogP contribution in [0.3, 0.4) is 0 Å². The molecule has 0 bridgehead atoms. The van der Waals surface area contributed by atoms with E-state index in [0.717, 1.165) is 38.5 Å². The number of rotatable bonds is 61. The van der Waals surface area contributed by atoms with Gasteiger partial charge in [0.05, 0.1) is 25.4 Å². The van der Waals surface area contributed by atoms with Crippen LogP contribution >= 0.6 is 0 Å². The third-order valence-electron chi connectivity index (χ3n) is 15.2. The molecule has 0 radical (unpaired) electrons. The molecular formula is C66H127NO5. The quantitative estimate of drug-likeness (QED) is 0.0320. The van der Waals surface area contributed by atoms with E-state index in [9.17, 15) is 19.8 Å². The molecule has 0 aliphatic carbocycles. The molecule has 0 aromatic rings. The number of esters is 1. The number of aliphatic hydroxyl groups excluding tert-OH is 2. The number of aliphatic hydroxyl groups is 2. The number of hydrogen-bond donors (Lipinski definition) is 3. The summed E-state index contributed by atoms with van der Waals surface area (Å²) in [6, 6.07) is -0.626. The minimum Gasteiger partial charge on any atom is -0.466 e. The van der Waals surface area contributed by atoms with Gasteiger partial charge in [-0.2, -0.15) is 0 Å². The fourth-order valence-corrected chi connectivity index (χ4v) is 10.2. The fraction of sp³-hybridized carbons (Fsp3) is 0.909. The van der Waals surface area contributed by atoms with Crippen molar-refractivity contribution < 1.29 is 24.5 Å². The van der Waals surface area contributed by atoms with Crippen molar-refractivity contribution in [3.63, 3.8) is 0 Å². The van der Waals surface area contributed by atoms with Gasteiger partial charge in [-0.05, 0) is 57.8 Å². The second-order valence-electron chi connectivity index (χ2n) is 22.5. The minimum atomic E-state index is -0.843. The van der Waals surface area contributed by atoms with E-state index in [1.807, 2.05) is 6.08 Å². The van der Waals surface area contributed by atoms with E-state index in [0.29, 0.717) is 19.4 Å². The summed E-state index contributed by atoms with van der Waals surface area (Å²) in [7, 11) is 0. The third kappa shape index (κ3) is 57.6. The van der Waals surface area contributed by atoms with Crippen LogP contribution in [0.25, 0.3) is 0 Å². The summed E-state index contributed by atoms with van der Waals surface area (Å²) in [5, 5.41) is 23.1. The Kier molecular flexibility index (Phi) is 60.5. The van der Waals surface area contributed by atoms with Gasteiger partial charge in [-0.3, -0.25) is 9.59 Å². The molecule has 2 unspecified atom stereocenters. The van der Waals surface area contributed by atoms with Gasteiger partial charge in [0, 0.05) is 12.8 Å². The summed E-state index contributed by atoms with van der Waals surface area (Å²) in [5.74, 6) is -0.0490. The van der Waals surface area contributed by atoms with Crippen LogP contribution in [0.2, 0.25) is 0 Å². The monoisotopic (exact) mass is 1010 g/mol. The van der Waals surface area contributed by atoms with Crippen LogP contribution in [0, 0.1) is 0 Å². The molecule has 2 atom stereocenters. The molecular weight excluding hydrogens is 887 g/mol. The van der Waals surface area contributed by atoms with Crippen molar-refractivity contribution in [3.8, 4) is 0 Å². The average Bonchev–Trinajstić information content (AvgIpc) is 3.38. The molecule has 0 aromatic heterocycles. The molecule has 6 heteroatoms. The minimum absolute atomic E-state index is 0.0161. The lowest BCUT2D eigenvalue weighted by molar-refractivity contribution is -0.143. The van der Waals surface area contributed by atoms with Crippen molar-refractivity contribution in [1.29, 1.82) is 0 Å². The van der Waals surface area contributed by atoms with E-state index < -0.39 is 12.1 Å².